The van der Waals surface area contributed by atoms with Crippen LogP contribution in [0.4, 0.5) is 5.82 Å². The van der Waals surface area contributed by atoms with E-state index in [4.69, 9.17) is 11.6 Å². The minimum absolute atomic E-state index is 0.209. The Morgan fingerprint density at radius 3 is 3.11 bits per heavy atom. The van der Waals surface area contributed by atoms with E-state index in [0.717, 1.165) is 11.8 Å². The quantitative estimate of drug-likeness (QED) is 0.721. The molecule has 0 saturated heterocycles. The van der Waals surface area contributed by atoms with E-state index in [1.807, 2.05) is 6.07 Å². The number of rotatable bonds is 4. The molecule has 5 nitrogen and oxygen atoms in total. The highest BCUT2D eigenvalue weighted by Gasteiger charge is 2.14. The number of nitrogens with one attached hydrogen (secondary N) is 2. The van der Waals surface area contributed by atoms with Crippen LogP contribution in [0.25, 0.3) is 11.0 Å². The largest absolute Gasteiger partial charge is 0.362 e. The van der Waals surface area contributed by atoms with Gasteiger partial charge in [0.25, 0.3) is 0 Å². The Morgan fingerprint density at radius 2 is 2.37 bits per heavy atom. The number of hydrogen-bond acceptors (Lipinski definition) is 5. The maximum absolute atomic E-state index is 5.92. The molecule has 2 N–H and O–H groups in total. The Hall–Kier alpha value is -1.66. The summed E-state index contributed by atoms with van der Waals surface area (Å²) in [5.74, 6) is 0.712. The van der Waals surface area contributed by atoms with Crippen molar-refractivity contribution in [1.29, 1.82) is 0 Å². The molecule has 3 heterocycles. The van der Waals surface area contributed by atoms with Crippen LogP contribution in [0.1, 0.15) is 24.3 Å². The van der Waals surface area contributed by atoms with Crippen molar-refractivity contribution in [2.75, 3.05) is 5.32 Å². The van der Waals surface area contributed by atoms with E-state index < -0.39 is 0 Å². The topological polar surface area (TPSA) is 66.5 Å². The predicted molar refractivity (Wildman–Crippen MR) is 77.7 cm³/mol. The van der Waals surface area contributed by atoms with Gasteiger partial charge >= 0.3 is 0 Å². The van der Waals surface area contributed by atoms with Crippen molar-refractivity contribution in [3.05, 3.63) is 33.9 Å². The summed E-state index contributed by atoms with van der Waals surface area (Å²) < 4.78 is 0. The molecule has 0 aromatic carbocycles. The third-order valence-corrected chi connectivity index (χ3v) is 4.04. The first kappa shape index (κ1) is 12.4. The highest BCUT2D eigenvalue weighted by Crippen LogP contribution is 2.28. The Balaban J connectivity index is 1.98. The molecule has 0 bridgehead atoms. The summed E-state index contributed by atoms with van der Waals surface area (Å²) in [6.07, 6.45) is 2.66. The zero-order valence-electron chi connectivity index (χ0n) is 10.2. The maximum atomic E-state index is 5.92. The summed E-state index contributed by atoms with van der Waals surface area (Å²) in [6, 6.07) is 4.37. The van der Waals surface area contributed by atoms with Crippen LogP contribution >= 0.6 is 22.9 Å². The minimum atomic E-state index is 0.209. The molecule has 0 aliphatic heterocycles. The van der Waals surface area contributed by atoms with Crippen LogP contribution < -0.4 is 5.32 Å². The van der Waals surface area contributed by atoms with Gasteiger partial charge in [0, 0.05) is 4.88 Å². The van der Waals surface area contributed by atoms with Crippen LogP contribution in [0.2, 0.25) is 5.28 Å². The third-order valence-electron chi connectivity index (χ3n) is 2.89. The maximum Gasteiger partial charge on any atom is 0.226 e. The zero-order chi connectivity index (χ0) is 13.2. The summed E-state index contributed by atoms with van der Waals surface area (Å²) in [4.78, 5) is 9.62. The van der Waals surface area contributed by atoms with Gasteiger partial charge in [-0.2, -0.15) is 15.1 Å². The van der Waals surface area contributed by atoms with Gasteiger partial charge in [0.1, 0.15) is 5.82 Å². The lowest BCUT2D eigenvalue weighted by Crippen LogP contribution is -2.10. The second-order valence-electron chi connectivity index (χ2n) is 4.09. The van der Waals surface area contributed by atoms with Crippen molar-refractivity contribution >= 4 is 39.8 Å². The van der Waals surface area contributed by atoms with Gasteiger partial charge in [-0.3, -0.25) is 5.10 Å². The van der Waals surface area contributed by atoms with Gasteiger partial charge in [-0.05, 0) is 29.5 Å². The number of anilines is 1. The average Bonchev–Trinajstić information content (AvgIpc) is 3.05. The molecule has 3 aromatic heterocycles. The van der Waals surface area contributed by atoms with E-state index in [2.05, 4.69) is 43.9 Å². The van der Waals surface area contributed by atoms with E-state index in [0.29, 0.717) is 11.5 Å². The van der Waals surface area contributed by atoms with Crippen molar-refractivity contribution < 1.29 is 0 Å². The highest BCUT2D eigenvalue weighted by atomic mass is 35.5. The van der Waals surface area contributed by atoms with E-state index in [1.54, 1.807) is 17.5 Å². The summed E-state index contributed by atoms with van der Waals surface area (Å²) in [5.41, 5.74) is 0.642. The smallest absolute Gasteiger partial charge is 0.226 e. The molecular weight excluding hydrogens is 282 g/mol. The van der Waals surface area contributed by atoms with Gasteiger partial charge in [0.05, 0.1) is 17.6 Å². The van der Waals surface area contributed by atoms with E-state index >= 15 is 0 Å². The van der Waals surface area contributed by atoms with Crippen molar-refractivity contribution in [3.8, 4) is 0 Å². The third kappa shape index (κ3) is 2.41. The van der Waals surface area contributed by atoms with Crippen LogP contribution in [0.3, 0.4) is 0 Å². The number of aromatic amines is 1. The molecule has 1 unspecified atom stereocenters. The number of H-pyrrole nitrogens is 1. The van der Waals surface area contributed by atoms with Crippen molar-refractivity contribution in [2.45, 2.75) is 19.4 Å². The standard InChI is InChI=1S/C12H12ClN5S/c1-2-8(9-4-3-5-19-9)15-10-7-6-14-18-11(7)17-12(13)16-10/h3-6,8H,2H2,1H3,(H2,14,15,16,17,18). The normalized spacial score (nSPS) is 12.7. The fourth-order valence-corrected chi connectivity index (χ4v) is 2.98. The molecule has 98 valence electrons. The molecule has 0 spiro atoms. The van der Waals surface area contributed by atoms with Crippen molar-refractivity contribution in [3.63, 3.8) is 0 Å². The van der Waals surface area contributed by atoms with E-state index in [9.17, 15) is 0 Å². The number of hydrogen-bond donors (Lipinski definition) is 2. The van der Waals surface area contributed by atoms with Crippen LogP contribution in [0.15, 0.2) is 23.7 Å². The fraction of sp³-hybridized carbons (Fsp3) is 0.250. The molecule has 7 heteroatoms. The summed E-state index contributed by atoms with van der Waals surface area (Å²) in [5, 5.41) is 13.3. The second kappa shape index (κ2) is 5.14. The number of nitrogens with zero attached hydrogens (tertiary/aromatic N) is 3. The van der Waals surface area contributed by atoms with Crippen LogP contribution in [0.5, 0.6) is 0 Å². The zero-order valence-corrected chi connectivity index (χ0v) is 11.8. The monoisotopic (exact) mass is 293 g/mol. The van der Waals surface area contributed by atoms with Crippen LogP contribution in [0, 0.1) is 0 Å². The van der Waals surface area contributed by atoms with Gasteiger partial charge in [0.15, 0.2) is 5.65 Å². The van der Waals surface area contributed by atoms with Gasteiger partial charge in [-0.1, -0.05) is 13.0 Å². The lowest BCUT2D eigenvalue weighted by Gasteiger charge is -2.16. The Bertz CT molecular complexity index is 679. The molecule has 3 rings (SSSR count). The summed E-state index contributed by atoms with van der Waals surface area (Å²) in [6.45, 7) is 2.13. The minimum Gasteiger partial charge on any atom is -0.362 e. The van der Waals surface area contributed by atoms with Gasteiger partial charge in [0.2, 0.25) is 5.28 Å². The van der Waals surface area contributed by atoms with E-state index in [1.165, 1.54) is 4.88 Å². The number of fused-ring (bicyclic) bond motifs is 1. The first-order chi connectivity index (χ1) is 9.28. The molecule has 0 saturated carbocycles. The second-order valence-corrected chi connectivity index (χ2v) is 5.41. The van der Waals surface area contributed by atoms with Gasteiger partial charge < -0.3 is 5.32 Å². The first-order valence-electron chi connectivity index (χ1n) is 5.94. The van der Waals surface area contributed by atoms with E-state index in [-0.39, 0.29) is 11.3 Å². The van der Waals surface area contributed by atoms with Crippen molar-refractivity contribution in [2.24, 2.45) is 0 Å². The predicted octanol–water partition coefficient (Wildman–Crippen LogP) is 3.63. The molecule has 1 atom stereocenters. The van der Waals surface area contributed by atoms with Crippen LogP contribution in [-0.2, 0) is 0 Å². The lowest BCUT2D eigenvalue weighted by molar-refractivity contribution is 0.760. The first-order valence-corrected chi connectivity index (χ1v) is 7.20. The molecular formula is C12H12ClN5S. The fourth-order valence-electron chi connectivity index (χ4n) is 1.95. The summed E-state index contributed by atoms with van der Waals surface area (Å²) >= 11 is 7.65. The molecule has 3 aromatic rings. The summed E-state index contributed by atoms with van der Waals surface area (Å²) in [7, 11) is 0. The molecule has 19 heavy (non-hydrogen) atoms. The Labute approximate surface area is 119 Å². The number of halogens is 1. The molecule has 0 radical (unpaired) electrons. The number of thiophene rings is 1. The van der Waals surface area contributed by atoms with Crippen molar-refractivity contribution in [1.82, 2.24) is 20.2 Å². The molecule has 0 amide bonds. The van der Waals surface area contributed by atoms with Crippen LogP contribution in [-0.4, -0.2) is 20.2 Å². The molecule has 0 aliphatic rings. The Morgan fingerprint density at radius 1 is 1.47 bits per heavy atom. The Kier molecular flexibility index (Phi) is 3.35. The van der Waals surface area contributed by atoms with Gasteiger partial charge in [-0.25, -0.2) is 0 Å². The van der Waals surface area contributed by atoms with Gasteiger partial charge in [-0.15, -0.1) is 11.3 Å². The molecule has 0 fully saturated rings. The SMILES string of the molecule is CCC(Nc1nc(Cl)nc2[nH]ncc12)c1cccs1. The molecule has 0 aliphatic carbocycles. The lowest BCUT2D eigenvalue weighted by atomic mass is 10.2. The number of aromatic nitrogens is 4. The average molecular weight is 294 g/mol. The highest BCUT2D eigenvalue weighted by molar-refractivity contribution is 7.10.